The molecule has 1 aliphatic rings. The summed E-state index contributed by atoms with van der Waals surface area (Å²) in [4.78, 5) is 14.1. The number of carbonyl (C=O) groups excluding carboxylic acids is 1. The van der Waals surface area contributed by atoms with Gasteiger partial charge in [0.1, 0.15) is 0 Å². The van der Waals surface area contributed by atoms with E-state index in [4.69, 9.17) is 4.74 Å². The molecule has 4 nitrogen and oxygen atoms in total. The van der Waals surface area contributed by atoms with Gasteiger partial charge in [-0.25, -0.2) is 0 Å². The Labute approximate surface area is 133 Å². The van der Waals surface area contributed by atoms with Crippen LogP contribution in [0.5, 0.6) is 0 Å². The van der Waals surface area contributed by atoms with Gasteiger partial charge in [0.15, 0.2) is 0 Å². The molecule has 1 amide bonds. The third-order valence-corrected chi connectivity index (χ3v) is 3.72. The summed E-state index contributed by atoms with van der Waals surface area (Å²) in [6, 6.07) is 4.69. The molecule has 0 bridgehead atoms. The fourth-order valence-electron chi connectivity index (χ4n) is 2.41. The Morgan fingerprint density at radius 3 is 2.43 bits per heavy atom. The quantitative estimate of drug-likeness (QED) is 0.812. The van der Waals surface area contributed by atoms with Crippen LogP contribution in [-0.4, -0.2) is 50.2 Å². The highest BCUT2D eigenvalue weighted by molar-refractivity contribution is 5.78. The van der Waals surface area contributed by atoms with E-state index in [1.54, 1.807) is 0 Å². The maximum absolute atomic E-state index is 12.5. The summed E-state index contributed by atoms with van der Waals surface area (Å²) in [5, 5.41) is 2.80. The minimum Gasteiger partial charge on any atom is -0.379 e. The third kappa shape index (κ3) is 6.19. The first-order valence-electron chi connectivity index (χ1n) is 7.68. The van der Waals surface area contributed by atoms with Gasteiger partial charge in [-0.1, -0.05) is 12.1 Å². The molecule has 7 heteroatoms. The zero-order valence-corrected chi connectivity index (χ0v) is 12.9. The first-order valence-corrected chi connectivity index (χ1v) is 7.68. The van der Waals surface area contributed by atoms with Crippen LogP contribution in [0.15, 0.2) is 24.3 Å². The molecule has 1 N–H and O–H groups in total. The number of alkyl halides is 3. The first-order chi connectivity index (χ1) is 10.9. The number of carbonyl (C=O) groups is 1. The molecule has 1 aromatic rings. The number of benzene rings is 1. The minimum atomic E-state index is -4.35. The number of halogens is 3. The lowest BCUT2D eigenvalue weighted by Gasteiger charge is -2.26. The van der Waals surface area contributed by atoms with Crippen molar-refractivity contribution in [2.45, 2.75) is 19.0 Å². The number of nitrogens with one attached hydrogen (secondary N) is 1. The molecule has 1 fully saturated rings. The van der Waals surface area contributed by atoms with Crippen LogP contribution >= 0.6 is 0 Å². The number of morpholine rings is 1. The molecule has 0 aromatic heterocycles. The molecule has 23 heavy (non-hydrogen) atoms. The smallest absolute Gasteiger partial charge is 0.379 e. The molecule has 0 aliphatic carbocycles. The Balaban J connectivity index is 1.66. The number of hydrogen-bond donors (Lipinski definition) is 1. The van der Waals surface area contributed by atoms with Crippen molar-refractivity contribution in [3.63, 3.8) is 0 Å². The van der Waals surface area contributed by atoms with Crippen molar-refractivity contribution >= 4 is 5.91 Å². The van der Waals surface area contributed by atoms with Gasteiger partial charge in [-0.2, -0.15) is 13.2 Å². The molecule has 0 saturated carbocycles. The Morgan fingerprint density at radius 2 is 1.83 bits per heavy atom. The molecule has 2 rings (SSSR count). The van der Waals surface area contributed by atoms with Gasteiger partial charge in [-0.3, -0.25) is 9.69 Å². The summed E-state index contributed by atoms with van der Waals surface area (Å²) in [5.41, 5.74) is -0.129. The molecule has 128 valence electrons. The zero-order chi connectivity index (χ0) is 16.7. The zero-order valence-electron chi connectivity index (χ0n) is 12.9. The van der Waals surface area contributed by atoms with Crippen LogP contribution in [-0.2, 0) is 22.1 Å². The summed E-state index contributed by atoms with van der Waals surface area (Å²) in [5.74, 6) is -0.174. The molecule has 1 aliphatic heterocycles. The molecule has 0 unspecified atom stereocenters. The first kappa shape index (κ1) is 17.7. The van der Waals surface area contributed by atoms with Crippen molar-refractivity contribution < 1.29 is 22.7 Å². The second-order valence-electron chi connectivity index (χ2n) is 5.53. The molecule has 1 saturated heterocycles. The van der Waals surface area contributed by atoms with Crippen molar-refractivity contribution in [1.29, 1.82) is 0 Å². The van der Waals surface area contributed by atoms with Crippen molar-refractivity contribution in [3.8, 4) is 0 Å². The SMILES string of the molecule is O=C(Cc1ccc(C(F)(F)F)cc1)NCCCN1CCOCC1. The van der Waals surface area contributed by atoms with E-state index in [2.05, 4.69) is 10.2 Å². The van der Waals surface area contributed by atoms with E-state index in [-0.39, 0.29) is 12.3 Å². The van der Waals surface area contributed by atoms with E-state index in [1.165, 1.54) is 12.1 Å². The van der Waals surface area contributed by atoms with Gasteiger partial charge < -0.3 is 10.1 Å². The largest absolute Gasteiger partial charge is 0.416 e. The molecule has 0 radical (unpaired) electrons. The van der Waals surface area contributed by atoms with Crippen LogP contribution < -0.4 is 5.32 Å². The van der Waals surface area contributed by atoms with Gasteiger partial charge in [0, 0.05) is 19.6 Å². The van der Waals surface area contributed by atoms with Crippen LogP contribution in [0.2, 0.25) is 0 Å². The number of hydrogen-bond acceptors (Lipinski definition) is 3. The fourth-order valence-corrected chi connectivity index (χ4v) is 2.41. The Morgan fingerprint density at radius 1 is 1.17 bits per heavy atom. The highest BCUT2D eigenvalue weighted by Gasteiger charge is 2.29. The fraction of sp³-hybridized carbons (Fsp3) is 0.562. The number of ether oxygens (including phenoxy) is 1. The second kappa shape index (κ2) is 8.31. The Hall–Kier alpha value is -1.60. The van der Waals surface area contributed by atoms with E-state index < -0.39 is 11.7 Å². The van der Waals surface area contributed by atoms with E-state index in [0.717, 1.165) is 51.4 Å². The lowest BCUT2D eigenvalue weighted by atomic mass is 10.1. The van der Waals surface area contributed by atoms with Crippen molar-refractivity contribution in [1.82, 2.24) is 10.2 Å². The van der Waals surface area contributed by atoms with Gasteiger partial charge in [0.05, 0.1) is 25.2 Å². The van der Waals surface area contributed by atoms with Gasteiger partial charge in [0.25, 0.3) is 0 Å². The maximum Gasteiger partial charge on any atom is 0.416 e. The Kier molecular flexibility index (Phi) is 6.41. The molecule has 1 aromatic carbocycles. The van der Waals surface area contributed by atoms with Crippen LogP contribution in [0.25, 0.3) is 0 Å². The predicted molar refractivity (Wildman–Crippen MR) is 80.0 cm³/mol. The van der Waals surface area contributed by atoms with Gasteiger partial charge in [0.2, 0.25) is 5.91 Å². The summed E-state index contributed by atoms with van der Waals surface area (Å²) in [6.07, 6.45) is -3.41. The van der Waals surface area contributed by atoms with Crippen LogP contribution in [0.3, 0.4) is 0 Å². The lowest BCUT2D eigenvalue weighted by Crippen LogP contribution is -2.38. The summed E-state index contributed by atoms with van der Waals surface area (Å²) < 4.78 is 42.6. The third-order valence-electron chi connectivity index (χ3n) is 3.72. The summed E-state index contributed by atoms with van der Waals surface area (Å²) >= 11 is 0. The average Bonchev–Trinajstić information content (AvgIpc) is 2.52. The standard InChI is InChI=1S/C16H21F3N2O2/c17-16(18,19)14-4-2-13(3-5-14)12-15(22)20-6-1-7-21-8-10-23-11-9-21/h2-5H,1,6-12H2,(H,20,22). The highest BCUT2D eigenvalue weighted by Crippen LogP contribution is 2.29. The average molecular weight is 330 g/mol. The summed E-state index contributed by atoms with van der Waals surface area (Å²) in [7, 11) is 0. The van der Waals surface area contributed by atoms with Gasteiger partial charge >= 0.3 is 6.18 Å². The maximum atomic E-state index is 12.5. The molecule has 0 atom stereocenters. The number of nitrogens with zero attached hydrogens (tertiary/aromatic N) is 1. The highest BCUT2D eigenvalue weighted by atomic mass is 19.4. The van der Waals surface area contributed by atoms with Crippen LogP contribution in [0.1, 0.15) is 17.5 Å². The van der Waals surface area contributed by atoms with E-state index in [1.807, 2.05) is 0 Å². The molecule has 1 heterocycles. The molecule has 0 spiro atoms. The minimum absolute atomic E-state index is 0.0929. The Bertz CT molecular complexity index is 497. The summed E-state index contributed by atoms with van der Waals surface area (Å²) in [6.45, 7) is 4.81. The van der Waals surface area contributed by atoms with Gasteiger partial charge in [-0.05, 0) is 30.7 Å². The number of rotatable bonds is 6. The van der Waals surface area contributed by atoms with Crippen LogP contribution in [0, 0.1) is 0 Å². The van der Waals surface area contributed by atoms with Crippen molar-refractivity contribution in [2.75, 3.05) is 39.4 Å². The second-order valence-corrected chi connectivity index (χ2v) is 5.53. The van der Waals surface area contributed by atoms with Crippen molar-refractivity contribution in [3.05, 3.63) is 35.4 Å². The van der Waals surface area contributed by atoms with E-state index in [0.29, 0.717) is 12.1 Å². The van der Waals surface area contributed by atoms with E-state index >= 15 is 0 Å². The number of amides is 1. The molecular formula is C16H21F3N2O2. The van der Waals surface area contributed by atoms with Crippen LogP contribution in [0.4, 0.5) is 13.2 Å². The molecular weight excluding hydrogens is 309 g/mol. The van der Waals surface area contributed by atoms with Gasteiger partial charge in [-0.15, -0.1) is 0 Å². The predicted octanol–water partition coefficient (Wildman–Crippen LogP) is 2.09. The van der Waals surface area contributed by atoms with E-state index in [9.17, 15) is 18.0 Å². The lowest BCUT2D eigenvalue weighted by molar-refractivity contribution is -0.137. The topological polar surface area (TPSA) is 41.6 Å². The monoisotopic (exact) mass is 330 g/mol. The van der Waals surface area contributed by atoms with Crippen molar-refractivity contribution in [2.24, 2.45) is 0 Å². The normalized spacial score (nSPS) is 16.3.